The molecule has 0 bridgehead atoms. The molecular formula is C26H35N5O4S. The summed E-state index contributed by atoms with van der Waals surface area (Å²) >= 11 is 0. The van der Waals surface area contributed by atoms with Crippen molar-refractivity contribution in [3.63, 3.8) is 0 Å². The highest BCUT2D eigenvalue weighted by atomic mass is 32.2. The first kappa shape index (κ1) is 26.1. The smallest absolute Gasteiger partial charge is 0.269 e. The Balaban J connectivity index is 1.56. The Labute approximate surface area is 212 Å². The van der Waals surface area contributed by atoms with Crippen molar-refractivity contribution in [3.05, 3.63) is 48.9 Å². The number of carbonyl (C=O) groups is 1. The molecule has 1 aromatic carbocycles. The van der Waals surface area contributed by atoms with Crippen molar-refractivity contribution in [2.24, 2.45) is 17.8 Å². The van der Waals surface area contributed by atoms with Crippen LogP contribution in [0.1, 0.15) is 33.1 Å². The molecule has 0 saturated heterocycles. The van der Waals surface area contributed by atoms with E-state index in [1.807, 2.05) is 7.05 Å². The van der Waals surface area contributed by atoms with Gasteiger partial charge in [0.1, 0.15) is 18.8 Å². The van der Waals surface area contributed by atoms with E-state index in [9.17, 15) is 13.2 Å². The number of fused-ring (bicyclic) bond motifs is 1. The van der Waals surface area contributed by atoms with Gasteiger partial charge in [-0.25, -0.2) is 22.4 Å². The molecular weight excluding hydrogens is 478 g/mol. The van der Waals surface area contributed by atoms with E-state index in [4.69, 9.17) is 4.74 Å². The first-order chi connectivity index (χ1) is 17.2. The maximum absolute atomic E-state index is 13.3. The molecule has 0 spiro atoms. The van der Waals surface area contributed by atoms with E-state index in [1.54, 1.807) is 49.6 Å². The summed E-state index contributed by atoms with van der Waals surface area (Å²) in [6.07, 6.45) is 6.15. The number of ether oxygens (including phenoxy) is 1. The van der Waals surface area contributed by atoms with Crippen LogP contribution >= 0.6 is 0 Å². The van der Waals surface area contributed by atoms with E-state index in [0.717, 1.165) is 25.1 Å². The molecule has 1 fully saturated rings. The molecule has 0 radical (unpaired) electrons. The number of benzene rings is 1. The van der Waals surface area contributed by atoms with Crippen molar-refractivity contribution in [1.29, 1.82) is 0 Å². The Hall–Kier alpha value is -2.98. The van der Waals surface area contributed by atoms with Crippen molar-refractivity contribution >= 4 is 32.8 Å². The monoisotopic (exact) mass is 513 g/mol. The van der Waals surface area contributed by atoms with Crippen molar-refractivity contribution in [3.8, 4) is 0 Å². The van der Waals surface area contributed by atoms with Gasteiger partial charge >= 0.3 is 0 Å². The van der Waals surface area contributed by atoms with E-state index in [0.29, 0.717) is 35.4 Å². The molecule has 0 aliphatic heterocycles. The normalized spacial score (nSPS) is 21.3. The fourth-order valence-corrected chi connectivity index (χ4v) is 6.51. The zero-order chi connectivity index (χ0) is 25.9. The second kappa shape index (κ2) is 11.0. The zero-order valence-corrected chi connectivity index (χ0v) is 22.1. The highest BCUT2D eigenvalue weighted by Gasteiger charge is 2.34. The molecule has 4 rings (SSSR count). The number of likely N-dealkylation sites (N-methyl/N-ethyl adjacent to an activating group) is 1. The van der Waals surface area contributed by atoms with Crippen LogP contribution < -0.4 is 10.2 Å². The maximum atomic E-state index is 13.3. The summed E-state index contributed by atoms with van der Waals surface area (Å²) in [5, 5.41) is 3.28. The Morgan fingerprint density at radius 1 is 1.22 bits per heavy atom. The number of nitrogens with one attached hydrogen (secondary N) is 1. The molecule has 36 heavy (non-hydrogen) atoms. The Morgan fingerprint density at radius 3 is 2.69 bits per heavy atom. The van der Waals surface area contributed by atoms with Crippen LogP contribution in [0.15, 0.2) is 53.8 Å². The molecule has 1 N–H and O–H groups in total. The lowest BCUT2D eigenvalue weighted by Crippen LogP contribution is -2.43. The van der Waals surface area contributed by atoms with Crippen LogP contribution in [0.3, 0.4) is 0 Å². The Kier molecular flexibility index (Phi) is 7.94. The first-order valence-electron chi connectivity index (χ1n) is 12.4. The molecule has 10 heteroatoms. The van der Waals surface area contributed by atoms with Gasteiger partial charge < -0.3 is 15.0 Å². The van der Waals surface area contributed by atoms with Crippen LogP contribution in [0, 0.1) is 17.8 Å². The van der Waals surface area contributed by atoms with Crippen LogP contribution in [-0.4, -0.2) is 61.6 Å². The molecule has 1 aliphatic rings. The first-order valence-corrected chi connectivity index (χ1v) is 13.8. The highest BCUT2D eigenvalue weighted by Crippen LogP contribution is 2.38. The van der Waals surface area contributed by atoms with Gasteiger partial charge in [-0.1, -0.05) is 32.0 Å². The lowest BCUT2D eigenvalue weighted by molar-refractivity contribution is -0.125. The molecule has 2 aromatic heterocycles. The van der Waals surface area contributed by atoms with Crippen molar-refractivity contribution < 1.29 is 17.9 Å². The van der Waals surface area contributed by atoms with Gasteiger partial charge in [0, 0.05) is 26.3 Å². The summed E-state index contributed by atoms with van der Waals surface area (Å²) < 4.78 is 33.4. The lowest BCUT2D eigenvalue weighted by Gasteiger charge is -2.42. The van der Waals surface area contributed by atoms with Gasteiger partial charge in [-0.15, -0.1) is 0 Å². The standard InChI is InChI=1S/C26H35N5O4S/c1-18-10-11-20(19(2)15-35-16-24(32)27-3)14-23(18)30(4)25-22-12-13-31(26(22)29-17-28-25)36(33,34)21-8-6-5-7-9-21/h5-9,12-13,17-20,23H,10-11,14-16H2,1-4H3,(H,27,32)/t18-,19+,20+,23+/m1/s1. The van der Waals surface area contributed by atoms with E-state index < -0.39 is 10.0 Å². The number of amides is 1. The largest absolute Gasteiger partial charge is 0.371 e. The summed E-state index contributed by atoms with van der Waals surface area (Å²) in [6.45, 7) is 5.06. The second-order valence-corrected chi connectivity index (χ2v) is 11.6. The summed E-state index contributed by atoms with van der Waals surface area (Å²) in [5.41, 5.74) is 0.367. The third-order valence-electron chi connectivity index (χ3n) is 7.45. The van der Waals surface area contributed by atoms with E-state index in [1.165, 1.54) is 10.3 Å². The number of carbonyl (C=O) groups excluding carboxylic acids is 1. The molecule has 3 aromatic rings. The zero-order valence-electron chi connectivity index (χ0n) is 21.3. The molecule has 4 atom stereocenters. The van der Waals surface area contributed by atoms with Gasteiger partial charge in [0.2, 0.25) is 5.91 Å². The molecule has 1 amide bonds. The van der Waals surface area contributed by atoms with Crippen molar-refractivity contribution in [1.82, 2.24) is 19.3 Å². The number of anilines is 1. The summed E-state index contributed by atoms with van der Waals surface area (Å²) in [7, 11) is -0.138. The summed E-state index contributed by atoms with van der Waals surface area (Å²) in [5.74, 6) is 1.83. The average Bonchev–Trinajstić information content (AvgIpc) is 3.34. The van der Waals surface area contributed by atoms with Gasteiger partial charge in [-0.05, 0) is 55.2 Å². The molecule has 1 saturated carbocycles. The number of aromatic nitrogens is 3. The van der Waals surface area contributed by atoms with E-state index >= 15 is 0 Å². The third-order valence-corrected chi connectivity index (χ3v) is 9.13. The highest BCUT2D eigenvalue weighted by molar-refractivity contribution is 7.90. The van der Waals surface area contributed by atoms with Gasteiger partial charge in [-0.2, -0.15) is 0 Å². The SMILES string of the molecule is CNC(=O)COC[C@H](C)[C@H]1CC[C@@H](C)[C@@H](N(C)c2ncnc3c2ccn3S(=O)(=O)c2ccccc2)C1. The summed E-state index contributed by atoms with van der Waals surface area (Å²) in [4.78, 5) is 22.8. The topological polar surface area (TPSA) is 106 Å². The Morgan fingerprint density at radius 2 is 1.97 bits per heavy atom. The van der Waals surface area contributed by atoms with E-state index in [2.05, 4.69) is 34.0 Å². The number of hydrogen-bond acceptors (Lipinski definition) is 7. The van der Waals surface area contributed by atoms with Crippen LogP contribution in [0.25, 0.3) is 11.0 Å². The molecule has 0 unspecified atom stereocenters. The van der Waals surface area contributed by atoms with Crippen molar-refractivity contribution in [2.45, 2.75) is 44.0 Å². The molecule has 194 valence electrons. The van der Waals surface area contributed by atoms with Gasteiger partial charge in [0.25, 0.3) is 10.0 Å². The number of hydrogen-bond donors (Lipinski definition) is 1. The fourth-order valence-electron chi connectivity index (χ4n) is 5.19. The maximum Gasteiger partial charge on any atom is 0.269 e. The predicted molar refractivity (Wildman–Crippen MR) is 139 cm³/mol. The van der Waals surface area contributed by atoms with Crippen molar-refractivity contribution in [2.75, 3.05) is 32.2 Å². The minimum Gasteiger partial charge on any atom is -0.371 e. The lowest BCUT2D eigenvalue weighted by atomic mass is 9.74. The van der Waals surface area contributed by atoms with Gasteiger partial charge in [0.15, 0.2) is 5.65 Å². The Bertz CT molecular complexity index is 1290. The third kappa shape index (κ3) is 5.24. The van der Waals surface area contributed by atoms with Crippen LogP contribution in [0.2, 0.25) is 0 Å². The predicted octanol–water partition coefficient (Wildman–Crippen LogP) is 3.31. The summed E-state index contributed by atoms with van der Waals surface area (Å²) in [6, 6.07) is 10.4. The fraction of sp³-hybridized carbons (Fsp3) is 0.500. The minimum absolute atomic E-state index is 0.0785. The molecule has 1 aliphatic carbocycles. The molecule has 2 heterocycles. The van der Waals surface area contributed by atoms with Crippen LogP contribution in [0.5, 0.6) is 0 Å². The average molecular weight is 514 g/mol. The second-order valence-electron chi connectivity index (χ2n) is 9.76. The minimum atomic E-state index is -3.77. The number of nitrogens with zero attached hydrogens (tertiary/aromatic N) is 4. The number of rotatable bonds is 9. The van der Waals surface area contributed by atoms with Gasteiger partial charge in [0.05, 0.1) is 16.9 Å². The van der Waals surface area contributed by atoms with Gasteiger partial charge in [-0.3, -0.25) is 4.79 Å². The van der Waals surface area contributed by atoms with Crippen LogP contribution in [-0.2, 0) is 19.6 Å². The quantitative estimate of drug-likeness (QED) is 0.468. The van der Waals surface area contributed by atoms with E-state index in [-0.39, 0.29) is 23.5 Å². The van der Waals surface area contributed by atoms with Crippen LogP contribution in [0.4, 0.5) is 5.82 Å². The molecule has 9 nitrogen and oxygen atoms in total.